The number of rotatable bonds is 0. The molecule has 0 aromatic carbocycles. The highest BCUT2D eigenvalue weighted by Crippen LogP contribution is 2.16. The molecule has 0 aromatic rings. The van der Waals surface area contributed by atoms with Gasteiger partial charge in [0.2, 0.25) is 0 Å². The average molecular weight is 132 g/mol. The van der Waals surface area contributed by atoms with Gasteiger partial charge in [0.25, 0.3) is 0 Å². The molecular weight excluding hydrogens is 116 g/mol. The van der Waals surface area contributed by atoms with Crippen LogP contribution in [-0.4, -0.2) is 18.0 Å². The molecule has 1 fully saturated rings. The highest BCUT2D eigenvalue weighted by Gasteiger charge is 2.20. The van der Waals surface area contributed by atoms with Crippen LogP contribution in [0.15, 0.2) is 0 Å². The smallest absolute Gasteiger partial charge is 0.157 e. The molecule has 0 aromatic heterocycles. The van der Waals surface area contributed by atoms with Crippen molar-refractivity contribution in [3.8, 4) is 0 Å². The summed E-state index contributed by atoms with van der Waals surface area (Å²) < 4.78 is 4.82. The first-order valence-electron chi connectivity index (χ1n) is 3.60. The molecule has 0 bridgehead atoms. The van der Waals surface area contributed by atoms with Gasteiger partial charge in [-0.25, -0.2) is 0 Å². The fourth-order valence-electron chi connectivity index (χ4n) is 0.682. The van der Waals surface area contributed by atoms with Gasteiger partial charge in [-0.1, -0.05) is 20.8 Å². The normalized spacial score (nSPS) is 33.3. The summed E-state index contributed by atoms with van der Waals surface area (Å²) in [6.07, 6.45) is 0.515. The first-order chi connectivity index (χ1) is 4.30. The van der Waals surface area contributed by atoms with E-state index in [-0.39, 0.29) is 0 Å². The molecule has 0 spiro atoms. The van der Waals surface area contributed by atoms with Crippen LogP contribution in [0.2, 0.25) is 0 Å². The second kappa shape index (κ2) is 4.77. The summed E-state index contributed by atoms with van der Waals surface area (Å²) >= 11 is 0. The van der Waals surface area contributed by atoms with Gasteiger partial charge in [-0.05, 0) is 6.42 Å². The Kier molecular flexibility index (Phi) is 4.72. The van der Waals surface area contributed by atoms with Crippen molar-refractivity contribution >= 4 is 0 Å². The topological polar surface area (TPSA) is 29.5 Å². The van der Waals surface area contributed by atoms with Crippen molar-refractivity contribution in [2.75, 3.05) is 6.61 Å². The molecule has 2 heteroatoms. The van der Waals surface area contributed by atoms with Gasteiger partial charge in [-0.15, -0.1) is 0 Å². The third-order valence-electron chi connectivity index (χ3n) is 1.35. The van der Waals surface area contributed by atoms with Crippen molar-refractivity contribution in [3.63, 3.8) is 0 Å². The molecule has 2 nitrogen and oxygen atoms in total. The van der Waals surface area contributed by atoms with Gasteiger partial charge in [0.1, 0.15) is 0 Å². The van der Waals surface area contributed by atoms with Gasteiger partial charge < -0.3 is 9.84 Å². The fourth-order valence-corrected chi connectivity index (χ4v) is 0.682. The Morgan fingerprint density at radius 3 is 2.11 bits per heavy atom. The summed E-state index contributed by atoms with van der Waals surface area (Å²) in [5.41, 5.74) is 0. The Bertz CT molecular complexity index is 55.9. The first-order valence-corrected chi connectivity index (χ1v) is 3.60. The molecule has 0 radical (unpaired) electrons. The van der Waals surface area contributed by atoms with Gasteiger partial charge in [0, 0.05) is 5.92 Å². The quantitative estimate of drug-likeness (QED) is 0.539. The SMILES string of the molecule is CC.CC1CCOC1O. The van der Waals surface area contributed by atoms with Crippen LogP contribution in [0.1, 0.15) is 27.2 Å². The molecular formula is C7H16O2. The summed E-state index contributed by atoms with van der Waals surface area (Å²) in [6, 6.07) is 0. The lowest BCUT2D eigenvalue weighted by Gasteiger charge is -2.03. The molecule has 1 heterocycles. The van der Waals surface area contributed by atoms with Gasteiger partial charge >= 0.3 is 0 Å². The number of aliphatic hydroxyl groups excluding tert-OH is 1. The van der Waals surface area contributed by atoms with Gasteiger partial charge in [-0.3, -0.25) is 0 Å². The molecule has 2 atom stereocenters. The molecule has 1 rings (SSSR count). The third-order valence-corrected chi connectivity index (χ3v) is 1.35. The predicted octanol–water partition coefficient (Wildman–Crippen LogP) is 1.39. The Morgan fingerprint density at radius 1 is 1.44 bits per heavy atom. The molecule has 1 N–H and O–H groups in total. The van der Waals surface area contributed by atoms with E-state index in [9.17, 15) is 0 Å². The average Bonchev–Trinajstić information content (AvgIpc) is 2.23. The minimum atomic E-state index is -0.486. The molecule has 0 saturated carbocycles. The molecule has 0 amide bonds. The van der Waals surface area contributed by atoms with E-state index in [1.165, 1.54) is 0 Å². The molecule has 2 unspecified atom stereocenters. The summed E-state index contributed by atoms with van der Waals surface area (Å²) in [4.78, 5) is 0. The lowest BCUT2D eigenvalue weighted by molar-refractivity contribution is -0.0786. The second-order valence-electron chi connectivity index (χ2n) is 2.03. The van der Waals surface area contributed by atoms with Crippen LogP contribution >= 0.6 is 0 Å². The zero-order valence-electron chi connectivity index (χ0n) is 6.42. The van der Waals surface area contributed by atoms with Crippen LogP contribution in [0.25, 0.3) is 0 Å². The Morgan fingerprint density at radius 2 is 2.00 bits per heavy atom. The van der Waals surface area contributed by atoms with E-state index in [2.05, 4.69) is 0 Å². The number of hydrogen-bond acceptors (Lipinski definition) is 2. The molecule has 56 valence electrons. The van der Waals surface area contributed by atoms with Gasteiger partial charge in [0.15, 0.2) is 6.29 Å². The first kappa shape index (κ1) is 8.92. The number of ether oxygens (including phenoxy) is 1. The van der Waals surface area contributed by atoms with Crippen LogP contribution in [0, 0.1) is 5.92 Å². The number of hydrogen-bond donors (Lipinski definition) is 1. The van der Waals surface area contributed by atoms with E-state index in [4.69, 9.17) is 9.84 Å². The molecule has 9 heavy (non-hydrogen) atoms. The van der Waals surface area contributed by atoms with E-state index >= 15 is 0 Å². The van der Waals surface area contributed by atoms with E-state index in [0.717, 1.165) is 13.0 Å². The highest BCUT2D eigenvalue weighted by molar-refractivity contribution is 4.61. The summed E-state index contributed by atoms with van der Waals surface area (Å²) in [6.45, 7) is 6.71. The standard InChI is InChI=1S/C5H10O2.C2H6/c1-4-2-3-7-5(4)6;1-2/h4-6H,2-3H2,1H3;1-2H3. The maximum Gasteiger partial charge on any atom is 0.157 e. The van der Waals surface area contributed by atoms with Crippen molar-refractivity contribution in [1.29, 1.82) is 0 Å². The fraction of sp³-hybridized carbons (Fsp3) is 1.00. The van der Waals surface area contributed by atoms with Crippen LogP contribution < -0.4 is 0 Å². The summed E-state index contributed by atoms with van der Waals surface area (Å²) in [5, 5.41) is 8.78. The largest absolute Gasteiger partial charge is 0.368 e. The van der Waals surface area contributed by atoms with Crippen molar-refractivity contribution in [2.24, 2.45) is 5.92 Å². The van der Waals surface area contributed by atoms with Crippen molar-refractivity contribution in [3.05, 3.63) is 0 Å². The number of aliphatic hydroxyl groups is 1. The van der Waals surface area contributed by atoms with Crippen molar-refractivity contribution in [1.82, 2.24) is 0 Å². The van der Waals surface area contributed by atoms with Crippen molar-refractivity contribution in [2.45, 2.75) is 33.5 Å². The van der Waals surface area contributed by atoms with E-state index in [1.807, 2.05) is 20.8 Å². The van der Waals surface area contributed by atoms with Crippen LogP contribution in [0.3, 0.4) is 0 Å². The monoisotopic (exact) mass is 132 g/mol. The Labute approximate surface area is 56.8 Å². The molecule has 0 aliphatic carbocycles. The lowest BCUT2D eigenvalue weighted by Crippen LogP contribution is -2.10. The molecule has 1 aliphatic heterocycles. The van der Waals surface area contributed by atoms with Crippen LogP contribution in [0.4, 0.5) is 0 Å². The van der Waals surface area contributed by atoms with E-state index in [1.54, 1.807) is 0 Å². The van der Waals surface area contributed by atoms with Crippen LogP contribution in [0.5, 0.6) is 0 Å². The zero-order valence-corrected chi connectivity index (χ0v) is 6.42. The third kappa shape index (κ3) is 2.82. The lowest BCUT2D eigenvalue weighted by atomic mass is 10.1. The minimum Gasteiger partial charge on any atom is -0.368 e. The highest BCUT2D eigenvalue weighted by atomic mass is 16.6. The minimum absolute atomic E-state index is 0.347. The van der Waals surface area contributed by atoms with Crippen LogP contribution in [-0.2, 0) is 4.74 Å². The molecule has 1 aliphatic rings. The Hall–Kier alpha value is -0.0800. The van der Waals surface area contributed by atoms with E-state index in [0.29, 0.717) is 5.92 Å². The van der Waals surface area contributed by atoms with E-state index < -0.39 is 6.29 Å². The zero-order chi connectivity index (χ0) is 7.28. The molecule has 1 saturated heterocycles. The predicted molar refractivity (Wildman–Crippen MR) is 37.1 cm³/mol. The van der Waals surface area contributed by atoms with Gasteiger partial charge in [0.05, 0.1) is 6.61 Å². The summed E-state index contributed by atoms with van der Waals surface area (Å²) in [5.74, 6) is 0.347. The summed E-state index contributed by atoms with van der Waals surface area (Å²) in [7, 11) is 0. The Balaban J connectivity index is 0.000000291. The van der Waals surface area contributed by atoms with Gasteiger partial charge in [-0.2, -0.15) is 0 Å². The second-order valence-corrected chi connectivity index (χ2v) is 2.03. The maximum atomic E-state index is 8.78. The van der Waals surface area contributed by atoms with Crippen molar-refractivity contribution < 1.29 is 9.84 Å². The maximum absolute atomic E-state index is 8.78.